The first-order valence-corrected chi connectivity index (χ1v) is 4.95. The molecule has 0 spiro atoms. The predicted molar refractivity (Wildman–Crippen MR) is 54.5 cm³/mol. The number of carbonyl (C=O) groups is 1. The lowest BCUT2D eigenvalue weighted by molar-refractivity contribution is -0.143. The monoisotopic (exact) mass is 184 g/mol. The number of allylic oxidation sites excluding steroid dienone is 1. The van der Waals surface area contributed by atoms with Crippen LogP contribution < -0.4 is 0 Å². The van der Waals surface area contributed by atoms with Crippen LogP contribution in [0, 0.1) is 0 Å². The molecular weight excluding hydrogens is 164 g/mol. The van der Waals surface area contributed by atoms with Crippen LogP contribution in [0.5, 0.6) is 0 Å². The molecule has 13 heavy (non-hydrogen) atoms. The van der Waals surface area contributed by atoms with Crippen molar-refractivity contribution in [2.75, 3.05) is 0 Å². The van der Waals surface area contributed by atoms with E-state index < -0.39 is 0 Å². The molecule has 0 N–H and O–H groups in total. The molecule has 0 fully saturated rings. The molecule has 0 heterocycles. The molecule has 0 saturated heterocycles. The van der Waals surface area contributed by atoms with Crippen molar-refractivity contribution in [1.82, 2.24) is 0 Å². The molecule has 0 radical (unpaired) electrons. The Labute approximate surface area is 81.0 Å². The number of hydrogen-bond acceptors (Lipinski definition) is 2. The van der Waals surface area contributed by atoms with Crippen molar-refractivity contribution in [1.29, 1.82) is 0 Å². The highest BCUT2D eigenvalue weighted by Gasteiger charge is 2.09. The molecule has 1 unspecified atom stereocenters. The average molecular weight is 184 g/mol. The highest BCUT2D eigenvalue weighted by atomic mass is 16.5. The highest BCUT2D eigenvalue weighted by molar-refractivity contribution is 5.87. The van der Waals surface area contributed by atoms with Crippen molar-refractivity contribution >= 4 is 5.97 Å². The quantitative estimate of drug-likeness (QED) is 0.485. The summed E-state index contributed by atoms with van der Waals surface area (Å²) in [4.78, 5) is 11.3. The SMILES string of the molecule is C/C=C(/C)C(=O)OC(C)CCCC. The van der Waals surface area contributed by atoms with Gasteiger partial charge in [-0.1, -0.05) is 25.8 Å². The van der Waals surface area contributed by atoms with Crippen molar-refractivity contribution in [3.05, 3.63) is 11.6 Å². The van der Waals surface area contributed by atoms with E-state index in [0.717, 1.165) is 19.3 Å². The fourth-order valence-electron chi connectivity index (χ4n) is 0.944. The van der Waals surface area contributed by atoms with E-state index in [1.54, 1.807) is 13.0 Å². The second-order valence-electron chi connectivity index (χ2n) is 3.33. The molecule has 0 aliphatic carbocycles. The minimum atomic E-state index is -0.189. The number of carbonyl (C=O) groups excluding carboxylic acids is 1. The largest absolute Gasteiger partial charge is 0.459 e. The third kappa shape index (κ3) is 5.45. The Hall–Kier alpha value is -0.790. The summed E-state index contributed by atoms with van der Waals surface area (Å²) in [6.45, 7) is 7.68. The lowest BCUT2D eigenvalue weighted by atomic mass is 10.2. The summed E-state index contributed by atoms with van der Waals surface area (Å²) in [6, 6.07) is 0. The van der Waals surface area contributed by atoms with E-state index in [9.17, 15) is 4.79 Å². The highest BCUT2D eigenvalue weighted by Crippen LogP contribution is 2.06. The molecule has 2 heteroatoms. The van der Waals surface area contributed by atoms with Crippen molar-refractivity contribution in [2.45, 2.75) is 53.1 Å². The topological polar surface area (TPSA) is 26.3 Å². The molecule has 0 rings (SSSR count). The minimum Gasteiger partial charge on any atom is -0.459 e. The number of rotatable bonds is 5. The van der Waals surface area contributed by atoms with E-state index in [0.29, 0.717) is 5.57 Å². The maximum absolute atomic E-state index is 11.3. The van der Waals surface area contributed by atoms with Gasteiger partial charge < -0.3 is 4.74 Å². The van der Waals surface area contributed by atoms with Gasteiger partial charge in [0.2, 0.25) is 0 Å². The zero-order chi connectivity index (χ0) is 10.3. The molecule has 1 atom stereocenters. The molecule has 0 aliphatic heterocycles. The van der Waals surface area contributed by atoms with Gasteiger partial charge in [0.1, 0.15) is 0 Å². The fourth-order valence-corrected chi connectivity index (χ4v) is 0.944. The zero-order valence-electron chi connectivity index (χ0n) is 9.09. The molecule has 0 aromatic rings. The van der Waals surface area contributed by atoms with Crippen LogP contribution in [0.3, 0.4) is 0 Å². The van der Waals surface area contributed by atoms with Crippen LogP contribution >= 0.6 is 0 Å². The first kappa shape index (κ1) is 12.2. The summed E-state index contributed by atoms with van der Waals surface area (Å²) in [6.07, 6.45) is 5.03. The summed E-state index contributed by atoms with van der Waals surface area (Å²) in [5.41, 5.74) is 0.684. The summed E-state index contributed by atoms with van der Waals surface area (Å²) >= 11 is 0. The van der Waals surface area contributed by atoms with E-state index in [4.69, 9.17) is 4.74 Å². The molecular formula is C11H20O2. The smallest absolute Gasteiger partial charge is 0.333 e. The van der Waals surface area contributed by atoms with E-state index >= 15 is 0 Å². The van der Waals surface area contributed by atoms with Gasteiger partial charge in [-0.3, -0.25) is 0 Å². The summed E-state index contributed by atoms with van der Waals surface area (Å²) in [5, 5.41) is 0. The van der Waals surface area contributed by atoms with Gasteiger partial charge >= 0.3 is 5.97 Å². The predicted octanol–water partition coefficient (Wildman–Crippen LogP) is 3.07. The van der Waals surface area contributed by atoms with Crippen molar-refractivity contribution in [3.8, 4) is 0 Å². The van der Waals surface area contributed by atoms with Crippen LogP contribution in [0.25, 0.3) is 0 Å². The summed E-state index contributed by atoms with van der Waals surface area (Å²) < 4.78 is 5.20. The normalized spacial score (nSPS) is 14.0. The molecule has 0 bridgehead atoms. The van der Waals surface area contributed by atoms with E-state index in [2.05, 4.69) is 6.92 Å². The van der Waals surface area contributed by atoms with Gasteiger partial charge in [0.05, 0.1) is 6.10 Å². The molecule has 0 aromatic carbocycles. The number of unbranched alkanes of at least 4 members (excludes halogenated alkanes) is 1. The van der Waals surface area contributed by atoms with E-state index in [-0.39, 0.29) is 12.1 Å². The number of esters is 1. The first-order valence-electron chi connectivity index (χ1n) is 4.95. The van der Waals surface area contributed by atoms with Gasteiger partial charge in [0.25, 0.3) is 0 Å². The standard InChI is InChI=1S/C11H20O2/c1-5-7-8-10(4)13-11(12)9(3)6-2/h6,10H,5,7-8H2,1-4H3/b9-6-. The Morgan fingerprint density at radius 1 is 1.54 bits per heavy atom. The Morgan fingerprint density at radius 2 is 2.15 bits per heavy atom. The third-order valence-corrected chi connectivity index (χ3v) is 2.03. The summed E-state index contributed by atoms with van der Waals surface area (Å²) in [5.74, 6) is -0.189. The van der Waals surface area contributed by atoms with Crippen molar-refractivity contribution < 1.29 is 9.53 Å². The van der Waals surface area contributed by atoms with Gasteiger partial charge in [-0.25, -0.2) is 4.79 Å². The number of ether oxygens (including phenoxy) is 1. The molecule has 2 nitrogen and oxygen atoms in total. The molecule has 76 valence electrons. The Bertz CT molecular complexity index is 183. The zero-order valence-corrected chi connectivity index (χ0v) is 9.09. The molecule has 0 aliphatic rings. The second kappa shape index (κ2) is 6.70. The van der Waals surface area contributed by atoms with Gasteiger partial charge in [-0.05, 0) is 27.2 Å². The van der Waals surface area contributed by atoms with Gasteiger partial charge in [-0.2, -0.15) is 0 Å². The van der Waals surface area contributed by atoms with Crippen molar-refractivity contribution in [2.24, 2.45) is 0 Å². The van der Waals surface area contributed by atoms with Gasteiger partial charge in [0, 0.05) is 5.57 Å². The maximum Gasteiger partial charge on any atom is 0.333 e. The van der Waals surface area contributed by atoms with Gasteiger partial charge in [0.15, 0.2) is 0 Å². The number of hydrogen-bond donors (Lipinski definition) is 0. The molecule has 0 aromatic heterocycles. The van der Waals surface area contributed by atoms with Crippen LogP contribution in [-0.4, -0.2) is 12.1 Å². The minimum absolute atomic E-state index is 0.0438. The Kier molecular flexibility index (Phi) is 6.29. The Morgan fingerprint density at radius 3 is 2.62 bits per heavy atom. The van der Waals surface area contributed by atoms with Crippen molar-refractivity contribution in [3.63, 3.8) is 0 Å². The van der Waals surface area contributed by atoms with E-state index in [1.165, 1.54) is 0 Å². The Balaban J connectivity index is 3.78. The van der Waals surface area contributed by atoms with E-state index in [1.807, 2.05) is 13.8 Å². The average Bonchev–Trinajstić information content (AvgIpc) is 2.13. The molecule has 0 amide bonds. The van der Waals surface area contributed by atoms with Crippen LogP contribution in [0.1, 0.15) is 47.0 Å². The van der Waals surface area contributed by atoms with Crippen LogP contribution in [0.15, 0.2) is 11.6 Å². The lowest BCUT2D eigenvalue weighted by Crippen LogP contribution is -2.15. The van der Waals surface area contributed by atoms with Crippen LogP contribution in [0.4, 0.5) is 0 Å². The summed E-state index contributed by atoms with van der Waals surface area (Å²) in [7, 11) is 0. The van der Waals surface area contributed by atoms with Crippen LogP contribution in [-0.2, 0) is 9.53 Å². The lowest BCUT2D eigenvalue weighted by Gasteiger charge is -2.12. The first-order chi connectivity index (χ1) is 6.11. The van der Waals surface area contributed by atoms with Crippen LogP contribution in [0.2, 0.25) is 0 Å². The fraction of sp³-hybridized carbons (Fsp3) is 0.727. The maximum atomic E-state index is 11.3. The van der Waals surface area contributed by atoms with Gasteiger partial charge in [-0.15, -0.1) is 0 Å². The third-order valence-electron chi connectivity index (χ3n) is 2.03. The second-order valence-corrected chi connectivity index (χ2v) is 3.33. The molecule has 0 saturated carbocycles.